The van der Waals surface area contributed by atoms with Crippen LogP contribution >= 0.6 is 0 Å². The summed E-state index contributed by atoms with van der Waals surface area (Å²) < 4.78 is 16.8. The van der Waals surface area contributed by atoms with Crippen LogP contribution in [0.1, 0.15) is 316 Å². The predicted octanol–water partition coefficient (Wildman–Crippen LogP) is 20.2. The van der Waals surface area contributed by atoms with Crippen LogP contribution in [0.2, 0.25) is 0 Å². The van der Waals surface area contributed by atoms with Gasteiger partial charge in [-0.1, -0.05) is 288 Å². The van der Waals surface area contributed by atoms with E-state index >= 15 is 0 Å². The molecule has 0 bridgehead atoms. The summed E-state index contributed by atoms with van der Waals surface area (Å²) in [5, 5.41) is 0. The van der Waals surface area contributed by atoms with Crippen LogP contribution in [0.15, 0.2) is 48.6 Å². The van der Waals surface area contributed by atoms with Gasteiger partial charge in [0.25, 0.3) is 0 Å². The Kier molecular flexibility index (Phi) is 55.7. The fraction of sp³-hybridized carbons (Fsp3) is 0.825. The standard InChI is InChI=1S/C63H114O6/c1-4-7-10-13-16-19-22-25-27-28-29-30-31-32-33-34-36-38-41-44-47-50-53-56-62(65)68-59-60(58-67-61(64)55-52-49-46-43-40-37-24-21-18-15-12-9-6-3)69-63(66)57-54-51-48-45-42-39-35-26-23-20-17-14-11-8-5-2/h8,11,17,20,26,35,42,45,60H,4-7,9-10,12-16,18-19,21-25,27-34,36-41,43-44,46-59H2,1-3H3/b11-8-,20-17-,35-26-,45-42-. The molecule has 0 saturated carbocycles. The Morgan fingerprint density at radius 1 is 0.304 bits per heavy atom. The molecule has 0 aliphatic heterocycles. The first-order valence-corrected chi connectivity index (χ1v) is 30.1. The number of hydrogen-bond acceptors (Lipinski definition) is 6. The molecule has 0 spiro atoms. The first-order valence-electron chi connectivity index (χ1n) is 30.1. The second kappa shape index (κ2) is 57.9. The maximum absolute atomic E-state index is 12.8. The van der Waals surface area contributed by atoms with Crippen molar-refractivity contribution in [3.8, 4) is 0 Å². The van der Waals surface area contributed by atoms with Gasteiger partial charge in [0.2, 0.25) is 0 Å². The normalized spacial score (nSPS) is 12.3. The van der Waals surface area contributed by atoms with Crippen molar-refractivity contribution >= 4 is 17.9 Å². The minimum absolute atomic E-state index is 0.0854. The molecule has 0 rings (SSSR count). The van der Waals surface area contributed by atoms with E-state index in [-0.39, 0.29) is 37.5 Å². The first kappa shape index (κ1) is 66.4. The Bertz CT molecular complexity index is 1200. The summed E-state index contributed by atoms with van der Waals surface area (Å²) in [5.41, 5.74) is 0. The molecule has 0 amide bonds. The lowest BCUT2D eigenvalue weighted by atomic mass is 10.0. The molecule has 6 nitrogen and oxygen atoms in total. The van der Waals surface area contributed by atoms with E-state index in [0.29, 0.717) is 19.3 Å². The van der Waals surface area contributed by atoms with Gasteiger partial charge in [0.05, 0.1) is 0 Å². The third-order valence-corrected chi connectivity index (χ3v) is 13.3. The molecule has 1 unspecified atom stereocenters. The van der Waals surface area contributed by atoms with Gasteiger partial charge < -0.3 is 14.2 Å². The zero-order chi connectivity index (χ0) is 50.0. The second-order valence-corrected chi connectivity index (χ2v) is 20.2. The van der Waals surface area contributed by atoms with Gasteiger partial charge in [-0.15, -0.1) is 0 Å². The summed E-state index contributed by atoms with van der Waals surface area (Å²) in [6.07, 6.45) is 71.2. The van der Waals surface area contributed by atoms with Crippen LogP contribution in [0.3, 0.4) is 0 Å². The van der Waals surface area contributed by atoms with Crippen LogP contribution in [-0.2, 0) is 28.6 Å². The minimum Gasteiger partial charge on any atom is -0.462 e. The highest BCUT2D eigenvalue weighted by molar-refractivity contribution is 5.71. The van der Waals surface area contributed by atoms with Crippen molar-refractivity contribution in [2.75, 3.05) is 13.2 Å². The number of carbonyl (C=O) groups excluding carboxylic acids is 3. The van der Waals surface area contributed by atoms with Crippen LogP contribution in [0, 0.1) is 0 Å². The molecule has 0 N–H and O–H groups in total. The maximum atomic E-state index is 12.8. The largest absolute Gasteiger partial charge is 0.462 e. The van der Waals surface area contributed by atoms with Crippen LogP contribution in [0.4, 0.5) is 0 Å². The molecule has 0 aromatic heterocycles. The SMILES string of the molecule is CC/C=C\C/C=C\C/C=C\C/C=C\CCCCC(=O)OC(COC(=O)CCCCCCCCCCCCCCC)COC(=O)CCCCCCCCCCCCCCCCCCCCCCCCC. The van der Waals surface area contributed by atoms with Crippen LogP contribution < -0.4 is 0 Å². The summed E-state index contributed by atoms with van der Waals surface area (Å²) >= 11 is 0. The number of unbranched alkanes of at least 4 members (excludes halogenated alkanes) is 36. The van der Waals surface area contributed by atoms with E-state index in [9.17, 15) is 14.4 Å². The monoisotopic (exact) mass is 967 g/mol. The molecular formula is C63H114O6. The molecule has 402 valence electrons. The van der Waals surface area contributed by atoms with Gasteiger partial charge in [-0.2, -0.15) is 0 Å². The molecule has 69 heavy (non-hydrogen) atoms. The summed E-state index contributed by atoms with van der Waals surface area (Å²) in [4.78, 5) is 38.1. The lowest BCUT2D eigenvalue weighted by molar-refractivity contribution is -0.167. The van der Waals surface area contributed by atoms with Gasteiger partial charge in [0, 0.05) is 19.3 Å². The Morgan fingerprint density at radius 2 is 0.565 bits per heavy atom. The Labute approximate surface area is 428 Å². The molecule has 0 aliphatic carbocycles. The van der Waals surface area contributed by atoms with E-state index in [4.69, 9.17) is 14.2 Å². The second-order valence-electron chi connectivity index (χ2n) is 20.2. The highest BCUT2D eigenvalue weighted by Crippen LogP contribution is 2.17. The quantitative estimate of drug-likeness (QED) is 0.0262. The van der Waals surface area contributed by atoms with Crippen molar-refractivity contribution in [3.05, 3.63) is 48.6 Å². The van der Waals surface area contributed by atoms with Crippen molar-refractivity contribution in [3.63, 3.8) is 0 Å². The Morgan fingerprint density at radius 3 is 0.884 bits per heavy atom. The molecule has 0 aromatic carbocycles. The van der Waals surface area contributed by atoms with E-state index in [1.165, 1.54) is 193 Å². The van der Waals surface area contributed by atoms with E-state index in [0.717, 1.165) is 77.0 Å². The van der Waals surface area contributed by atoms with E-state index < -0.39 is 6.10 Å². The zero-order valence-electron chi connectivity index (χ0n) is 46.1. The molecule has 0 aromatic rings. The number of rotatable bonds is 55. The minimum atomic E-state index is -0.791. The number of allylic oxidation sites excluding steroid dienone is 8. The van der Waals surface area contributed by atoms with Crippen molar-refractivity contribution in [2.24, 2.45) is 0 Å². The lowest BCUT2D eigenvalue weighted by Gasteiger charge is -2.18. The first-order chi connectivity index (χ1) is 34.0. The summed E-state index contributed by atoms with van der Waals surface area (Å²) in [5.74, 6) is -0.910. The van der Waals surface area contributed by atoms with Gasteiger partial charge in [0.1, 0.15) is 13.2 Å². The smallest absolute Gasteiger partial charge is 0.306 e. The van der Waals surface area contributed by atoms with Gasteiger partial charge >= 0.3 is 17.9 Å². The molecule has 0 radical (unpaired) electrons. The fourth-order valence-corrected chi connectivity index (χ4v) is 8.85. The number of hydrogen-bond donors (Lipinski definition) is 0. The third-order valence-electron chi connectivity index (χ3n) is 13.3. The van der Waals surface area contributed by atoms with Gasteiger partial charge in [-0.3, -0.25) is 14.4 Å². The molecule has 0 aliphatic rings. The highest BCUT2D eigenvalue weighted by atomic mass is 16.6. The van der Waals surface area contributed by atoms with E-state index in [1.807, 2.05) is 0 Å². The number of ether oxygens (including phenoxy) is 3. The maximum Gasteiger partial charge on any atom is 0.306 e. The Balaban J connectivity index is 4.29. The van der Waals surface area contributed by atoms with Gasteiger partial charge in [-0.25, -0.2) is 0 Å². The zero-order valence-corrected chi connectivity index (χ0v) is 46.1. The fourth-order valence-electron chi connectivity index (χ4n) is 8.85. The van der Waals surface area contributed by atoms with Crippen molar-refractivity contribution in [1.82, 2.24) is 0 Å². The van der Waals surface area contributed by atoms with E-state index in [1.54, 1.807) is 0 Å². The van der Waals surface area contributed by atoms with Crippen LogP contribution in [0.25, 0.3) is 0 Å². The number of carbonyl (C=O) groups is 3. The summed E-state index contributed by atoms with van der Waals surface area (Å²) in [6, 6.07) is 0. The summed E-state index contributed by atoms with van der Waals surface area (Å²) in [6.45, 7) is 6.53. The summed E-state index contributed by atoms with van der Waals surface area (Å²) in [7, 11) is 0. The molecule has 0 fully saturated rings. The molecule has 1 atom stereocenters. The predicted molar refractivity (Wildman–Crippen MR) is 298 cm³/mol. The molecular weight excluding hydrogens is 853 g/mol. The van der Waals surface area contributed by atoms with E-state index in [2.05, 4.69) is 69.4 Å². The van der Waals surface area contributed by atoms with Gasteiger partial charge in [-0.05, 0) is 57.8 Å². The Hall–Kier alpha value is -2.63. The molecule has 0 heterocycles. The van der Waals surface area contributed by atoms with Crippen LogP contribution in [-0.4, -0.2) is 37.2 Å². The van der Waals surface area contributed by atoms with Gasteiger partial charge in [0.15, 0.2) is 6.10 Å². The lowest BCUT2D eigenvalue weighted by Crippen LogP contribution is -2.30. The third kappa shape index (κ3) is 56.2. The van der Waals surface area contributed by atoms with Crippen molar-refractivity contribution in [1.29, 1.82) is 0 Å². The van der Waals surface area contributed by atoms with Crippen LogP contribution in [0.5, 0.6) is 0 Å². The number of esters is 3. The molecule has 0 saturated heterocycles. The van der Waals surface area contributed by atoms with Crippen molar-refractivity contribution < 1.29 is 28.6 Å². The average molecular weight is 968 g/mol. The topological polar surface area (TPSA) is 78.9 Å². The van der Waals surface area contributed by atoms with Crippen molar-refractivity contribution in [2.45, 2.75) is 322 Å². The average Bonchev–Trinajstić information content (AvgIpc) is 3.35. The molecule has 6 heteroatoms. The highest BCUT2D eigenvalue weighted by Gasteiger charge is 2.19.